The van der Waals surface area contributed by atoms with Gasteiger partial charge in [-0.3, -0.25) is 4.79 Å². The molecule has 0 bridgehead atoms. The first-order valence-electron chi connectivity index (χ1n) is 9.73. The van der Waals surface area contributed by atoms with Crippen molar-refractivity contribution in [2.45, 2.75) is 6.42 Å². The molecule has 2 aromatic carbocycles. The topological polar surface area (TPSA) is 65.1 Å². The van der Waals surface area contributed by atoms with Crippen LogP contribution in [-0.4, -0.2) is 51.9 Å². The Labute approximate surface area is 173 Å². The lowest BCUT2D eigenvalue weighted by Crippen LogP contribution is -2.35. The quantitative estimate of drug-likeness (QED) is 0.509. The van der Waals surface area contributed by atoms with Gasteiger partial charge in [-0.15, -0.1) is 0 Å². The Bertz CT molecular complexity index is 1170. The largest absolute Gasteiger partial charge is 0.341 e. The summed E-state index contributed by atoms with van der Waals surface area (Å²) in [5.41, 5.74) is 3.47. The molecule has 0 atom stereocenters. The molecule has 0 aliphatic carbocycles. The number of nitrogens with zero attached hydrogens (tertiary/aromatic N) is 4. The predicted octanol–water partition coefficient (Wildman–Crippen LogP) is 4.12. The van der Waals surface area contributed by atoms with Crippen LogP contribution in [0.1, 0.15) is 16.8 Å². The fourth-order valence-electron chi connectivity index (χ4n) is 3.84. The summed E-state index contributed by atoms with van der Waals surface area (Å²) in [7, 11) is 0. The van der Waals surface area contributed by atoms with E-state index in [-0.39, 0.29) is 5.91 Å². The van der Waals surface area contributed by atoms with Gasteiger partial charge < -0.3 is 14.8 Å². The van der Waals surface area contributed by atoms with E-state index in [4.69, 9.17) is 16.6 Å². The van der Waals surface area contributed by atoms with Gasteiger partial charge in [-0.25, -0.2) is 9.97 Å². The predicted molar refractivity (Wildman–Crippen MR) is 116 cm³/mol. The van der Waals surface area contributed by atoms with Gasteiger partial charge in [-0.1, -0.05) is 23.7 Å². The number of fused-ring (bicyclic) bond motifs is 2. The van der Waals surface area contributed by atoms with Crippen molar-refractivity contribution in [1.82, 2.24) is 19.9 Å². The Kier molecular flexibility index (Phi) is 4.56. The standard InChI is InChI=1S/C22H20ClN5O/c23-20-9-7-15-14-16(6-8-17(15)24-20)21(29)27-10-3-11-28(13-12-27)22-25-18-4-1-2-5-19(18)26-22/h1-2,4-9,14H,3,10-13H2,(H,25,26). The van der Waals surface area contributed by atoms with Crippen molar-refractivity contribution in [3.63, 3.8) is 0 Å². The Morgan fingerprint density at radius 2 is 1.83 bits per heavy atom. The second kappa shape index (κ2) is 7.37. The summed E-state index contributed by atoms with van der Waals surface area (Å²) in [6.07, 6.45) is 0.896. The average Bonchev–Trinajstić information content (AvgIpc) is 3.02. The van der Waals surface area contributed by atoms with E-state index in [0.717, 1.165) is 53.9 Å². The maximum absolute atomic E-state index is 13.1. The number of carbonyl (C=O) groups excluding carboxylic acids is 1. The van der Waals surface area contributed by atoms with Crippen LogP contribution in [0.5, 0.6) is 0 Å². The van der Waals surface area contributed by atoms with Crippen molar-refractivity contribution in [3.05, 3.63) is 65.3 Å². The van der Waals surface area contributed by atoms with Crippen LogP contribution in [0.3, 0.4) is 0 Å². The van der Waals surface area contributed by atoms with Gasteiger partial charge in [0.05, 0.1) is 16.6 Å². The summed E-state index contributed by atoms with van der Waals surface area (Å²) in [6.45, 7) is 3.00. The van der Waals surface area contributed by atoms with Gasteiger partial charge in [0.25, 0.3) is 5.91 Å². The van der Waals surface area contributed by atoms with Gasteiger partial charge in [0, 0.05) is 37.1 Å². The number of hydrogen-bond acceptors (Lipinski definition) is 4. The number of rotatable bonds is 2. The third-order valence-corrected chi connectivity index (χ3v) is 5.57. The van der Waals surface area contributed by atoms with Crippen LogP contribution >= 0.6 is 11.6 Å². The molecule has 5 rings (SSSR count). The number of H-pyrrole nitrogens is 1. The molecule has 0 spiro atoms. The molecule has 3 heterocycles. The number of aromatic amines is 1. The molecule has 0 saturated carbocycles. The fourth-order valence-corrected chi connectivity index (χ4v) is 3.99. The van der Waals surface area contributed by atoms with E-state index in [2.05, 4.69) is 14.9 Å². The van der Waals surface area contributed by atoms with Gasteiger partial charge in [0.2, 0.25) is 5.95 Å². The number of benzene rings is 2. The molecule has 6 nitrogen and oxygen atoms in total. The summed E-state index contributed by atoms with van der Waals surface area (Å²) in [4.78, 5) is 29.6. The molecular formula is C22H20ClN5O. The summed E-state index contributed by atoms with van der Waals surface area (Å²) < 4.78 is 0. The highest BCUT2D eigenvalue weighted by molar-refractivity contribution is 6.29. The van der Waals surface area contributed by atoms with Crippen LogP contribution in [0.2, 0.25) is 5.15 Å². The zero-order valence-electron chi connectivity index (χ0n) is 15.8. The van der Waals surface area contributed by atoms with E-state index in [9.17, 15) is 4.79 Å². The SMILES string of the molecule is O=C(c1ccc2nc(Cl)ccc2c1)N1CCCN(c2nc3ccccc3[nH]2)CC1. The lowest BCUT2D eigenvalue weighted by atomic mass is 10.1. The zero-order chi connectivity index (χ0) is 19.8. The molecule has 1 amide bonds. The van der Waals surface area contributed by atoms with Gasteiger partial charge in [-0.05, 0) is 48.9 Å². The van der Waals surface area contributed by atoms with Crippen LogP contribution in [0.25, 0.3) is 21.9 Å². The van der Waals surface area contributed by atoms with Gasteiger partial charge >= 0.3 is 0 Å². The zero-order valence-corrected chi connectivity index (χ0v) is 16.6. The lowest BCUT2D eigenvalue weighted by molar-refractivity contribution is 0.0767. The Balaban J connectivity index is 1.33. The molecule has 1 aliphatic heterocycles. The number of aromatic nitrogens is 3. The molecule has 2 aromatic heterocycles. The number of halogens is 1. The fraction of sp³-hybridized carbons (Fsp3) is 0.227. The number of nitrogens with one attached hydrogen (secondary N) is 1. The second-order valence-corrected chi connectivity index (χ2v) is 7.64. The third kappa shape index (κ3) is 3.51. The van der Waals surface area contributed by atoms with E-state index in [1.165, 1.54) is 0 Å². The summed E-state index contributed by atoms with van der Waals surface area (Å²) in [5, 5.41) is 1.37. The van der Waals surface area contributed by atoms with Crippen molar-refractivity contribution in [3.8, 4) is 0 Å². The van der Waals surface area contributed by atoms with Crippen LogP contribution in [0.4, 0.5) is 5.95 Å². The molecule has 7 heteroatoms. The lowest BCUT2D eigenvalue weighted by Gasteiger charge is -2.22. The third-order valence-electron chi connectivity index (χ3n) is 5.36. The first kappa shape index (κ1) is 17.9. The number of carbonyl (C=O) groups is 1. The highest BCUT2D eigenvalue weighted by Crippen LogP contribution is 2.21. The highest BCUT2D eigenvalue weighted by atomic mass is 35.5. The molecule has 0 radical (unpaired) electrons. The second-order valence-electron chi connectivity index (χ2n) is 7.25. The van der Waals surface area contributed by atoms with Crippen molar-refractivity contribution in [2.24, 2.45) is 0 Å². The Morgan fingerprint density at radius 1 is 0.931 bits per heavy atom. The molecule has 1 N–H and O–H groups in total. The molecule has 0 unspecified atom stereocenters. The van der Waals surface area contributed by atoms with E-state index in [1.54, 1.807) is 6.07 Å². The summed E-state index contributed by atoms with van der Waals surface area (Å²) in [6, 6.07) is 17.2. The summed E-state index contributed by atoms with van der Waals surface area (Å²) in [5.74, 6) is 0.919. The number of para-hydroxylation sites is 2. The first-order chi connectivity index (χ1) is 14.2. The number of amides is 1. The molecule has 4 aromatic rings. The van der Waals surface area contributed by atoms with Crippen molar-refractivity contribution in [1.29, 1.82) is 0 Å². The van der Waals surface area contributed by atoms with Crippen molar-refractivity contribution >= 4 is 45.4 Å². The maximum atomic E-state index is 13.1. The Morgan fingerprint density at radius 3 is 2.72 bits per heavy atom. The number of pyridine rings is 1. The van der Waals surface area contributed by atoms with Crippen LogP contribution in [-0.2, 0) is 0 Å². The number of anilines is 1. The smallest absolute Gasteiger partial charge is 0.253 e. The maximum Gasteiger partial charge on any atom is 0.253 e. The van der Waals surface area contributed by atoms with Crippen LogP contribution < -0.4 is 4.90 Å². The summed E-state index contributed by atoms with van der Waals surface area (Å²) >= 11 is 5.95. The highest BCUT2D eigenvalue weighted by Gasteiger charge is 2.22. The molecular weight excluding hydrogens is 386 g/mol. The van der Waals surface area contributed by atoms with Crippen LogP contribution in [0, 0.1) is 0 Å². The van der Waals surface area contributed by atoms with E-state index in [1.807, 2.05) is 53.4 Å². The Hall–Kier alpha value is -3.12. The molecule has 1 saturated heterocycles. The van der Waals surface area contributed by atoms with Gasteiger partial charge in [0.1, 0.15) is 5.15 Å². The van der Waals surface area contributed by atoms with E-state index < -0.39 is 0 Å². The van der Waals surface area contributed by atoms with Gasteiger partial charge in [0.15, 0.2) is 0 Å². The number of imidazole rings is 1. The van der Waals surface area contributed by atoms with E-state index >= 15 is 0 Å². The molecule has 29 heavy (non-hydrogen) atoms. The normalized spacial score (nSPS) is 15.1. The first-order valence-corrected chi connectivity index (χ1v) is 10.1. The van der Waals surface area contributed by atoms with Crippen LogP contribution in [0.15, 0.2) is 54.6 Å². The minimum absolute atomic E-state index is 0.0494. The van der Waals surface area contributed by atoms with E-state index in [0.29, 0.717) is 17.3 Å². The van der Waals surface area contributed by atoms with Crippen molar-refractivity contribution in [2.75, 3.05) is 31.1 Å². The minimum Gasteiger partial charge on any atom is -0.341 e. The molecule has 1 aliphatic rings. The molecule has 146 valence electrons. The average molecular weight is 406 g/mol. The number of hydrogen-bond donors (Lipinski definition) is 1. The molecule has 1 fully saturated rings. The van der Waals surface area contributed by atoms with Crippen molar-refractivity contribution < 1.29 is 4.79 Å². The van der Waals surface area contributed by atoms with Gasteiger partial charge in [-0.2, -0.15) is 0 Å². The monoisotopic (exact) mass is 405 g/mol. The minimum atomic E-state index is 0.0494.